The van der Waals surface area contributed by atoms with Gasteiger partial charge in [-0.05, 0) is 42.9 Å². The van der Waals surface area contributed by atoms with Gasteiger partial charge in [-0.1, -0.05) is 36.4 Å². The summed E-state index contributed by atoms with van der Waals surface area (Å²) in [7, 11) is 1.69. The lowest BCUT2D eigenvalue weighted by molar-refractivity contribution is -0.121. The normalized spacial score (nSPS) is 17.1. The molecule has 2 aliphatic rings. The molecule has 5 rings (SSSR count). The fraction of sp³-hybridized carbons (Fsp3) is 0.400. The van der Waals surface area contributed by atoms with Crippen LogP contribution in [0.15, 0.2) is 30.3 Å². The van der Waals surface area contributed by atoms with Gasteiger partial charge in [0.1, 0.15) is 10.6 Å². The zero-order chi connectivity index (χ0) is 21.9. The van der Waals surface area contributed by atoms with Crippen LogP contribution in [0.5, 0.6) is 0 Å². The summed E-state index contributed by atoms with van der Waals surface area (Å²) in [5, 5.41) is 3.99. The zero-order valence-electron chi connectivity index (χ0n) is 18.5. The van der Waals surface area contributed by atoms with E-state index in [9.17, 15) is 4.79 Å². The van der Waals surface area contributed by atoms with Gasteiger partial charge in [0.2, 0.25) is 5.91 Å². The van der Waals surface area contributed by atoms with E-state index in [2.05, 4.69) is 33.3 Å². The molecule has 0 saturated carbocycles. The fourth-order valence-corrected chi connectivity index (χ4v) is 5.86. The lowest BCUT2D eigenvalue weighted by Crippen LogP contribution is -2.49. The van der Waals surface area contributed by atoms with Crippen LogP contribution < -0.4 is 10.2 Å². The predicted molar refractivity (Wildman–Crippen MR) is 132 cm³/mol. The van der Waals surface area contributed by atoms with Gasteiger partial charge in [-0.3, -0.25) is 9.69 Å². The van der Waals surface area contributed by atoms with E-state index < -0.39 is 0 Å². The van der Waals surface area contributed by atoms with Gasteiger partial charge in [0.15, 0.2) is 5.82 Å². The van der Waals surface area contributed by atoms with E-state index in [1.54, 1.807) is 7.05 Å². The molecule has 1 fully saturated rings. The van der Waals surface area contributed by atoms with Gasteiger partial charge in [-0.15, -0.1) is 11.3 Å². The van der Waals surface area contributed by atoms with Crippen LogP contribution in [0.4, 0.5) is 5.82 Å². The number of benzene rings is 1. The summed E-state index contributed by atoms with van der Waals surface area (Å²) in [6, 6.07) is 10.3. The number of amides is 1. The molecule has 1 aliphatic heterocycles. The molecule has 2 aromatic heterocycles. The van der Waals surface area contributed by atoms with Gasteiger partial charge in [-0.2, -0.15) is 0 Å². The Morgan fingerprint density at radius 3 is 2.62 bits per heavy atom. The highest BCUT2D eigenvalue weighted by molar-refractivity contribution is 7.19. The number of hydrogen-bond donors (Lipinski definition) is 1. The molecular formula is C25H29N5OS. The second-order valence-electron chi connectivity index (χ2n) is 8.48. The minimum absolute atomic E-state index is 0.0723. The van der Waals surface area contributed by atoms with Crippen molar-refractivity contribution in [3.8, 4) is 0 Å². The van der Waals surface area contributed by atoms with Crippen molar-refractivity contribution in [2.75, 3.05) is 44.7 Å². The number of rotatable bonds is 5. The maximum atomic E-state index is 11.8. The molecule has 3 aromatic rings. The summed E-state index contributed by atoms with van der Waals surface area (Å²) in [6.07, 6.45) is 8.90. The number of carbonyl (C=O) groups excluding carboxylic acids is 1. The lowest BCUT2D eigenvalue weighted by atomic mass is 9.97. The molecule has 0 unspecified atom stereocenters. The summed E-state index contributed by atoms with van der Waals surface area (Å²) in [5.41, 5.74) is 2.61. The number of thiophene rings is 1. The van der Waals surface area contributed by atoms with Crippen molar-refractivity contribution >= 4 is 45.4 Å². The van der Waals surface area contributed by atoms with E-state index in [0.717, 1.165) is 61.1 Å². The van der Waals surface area contributed by atoms with Crippen molar-refractivity contribution in [2.45, 2.75) is 25.7 Å². The summed E-state index contributed by atoms with van der Waals surface area (Å²) < 4.78 is 0. The number of aryl methyl sites for hydroxylation is 2. The van der Waals surface area contributed by atoms with Gasteiger partial charge < -0.3 is 10.2 Å². The van der Waals surface area contributed by atoms with Crippen LogP contribution in [0.25, 0.3) is 22.4 Å². The third kappa shape index (κ3) is 4.40. The standard InChI is InChI=1S/C25H29N5OS/c1-26-22(31)17-29-13-15-30(16-14-29)24-23-19-9-5-6-10-20(19)32-25(23)28-21(27-24)12-11-18-7-3-2-4-8-18/h2-4,7-8,11-12H,5-6,9-10,13-17H2,1H3,(H,26,31)/b12-11+. The Kier molecular flexibility index (Phi) is 6.19. The van der Waals surface area contributed by atoms with Gasteiger partial charge in [0, 0.05) is 38.1 Å². The highest BCUT2D eigenvalue weighted by atomic mass is 32.1. The first-order valence-electron chi connectivity index (χ1n) is 11.4. The van der Waals surface area contributed by atoms with E-state index >= 15 is 0 Å². The maximum Gasteiger partial charge on any atom is 0.233 e. The van der Waals surface area contributed by atoms with Crippen molar-refractivity contribution in [3.63, 3.8) is 0 Å². The second kappa shape index (κ2) is 9.38. The van der Waals surface area contributed by atoms with E-state index in [1.807, 2.05) is 35.6 Å². The average molecular weight is 448 g/mol. The highest BCUT2D eigenvalue weighted by Gasteiger charge is 2.26. The Morgan fingerprint density at radius 2 is 1.84 bits per heavy atom. The van der Waals surface area contributed by atoms with Crippen LogP contribution in [-0.2, 0) is 17.6 Å². The number of nitrogens with one attached hydrogen (secondary N) is 1. The second-order valence-corrected chi connectivity index (χ2v) is 9.56. The molecule has 0 atom stereocenters. The van der Waals surface area contributed by atoms with Crippen LogP contribution in [-0.4, -0.2) is 60.5 Å². The number of carbonyl (C=O) groups is 1. The molecule has 1 amide bonds. The maximum absolute atomic E-state index is 11.8. The number of aromatic nitrogens is 2. The SMILES string of the molecule is CNC(=O)CN1CCN(c2nc(/C=C/c3ccccc3)nc3sc4c(c23)CCCC4)CC1. The van der Waals surface area contributed by atoms with Crippen LogP contribution in [0.3, 0.4) is 0 Å². The molecule has 166 valence electrons. The van der Waals surface area contributed by atoms with Crippen molar-refractivity contribution < 1.29 is 4.79 Å². The zero-order valence-corrected chi connectivity index (χ0v) is 19.3. The molecule has 1 N–H and O–H groups in total. The molecule has 0 bridgehead atoms. The van der Waals surface area contributed by atoms with Crippen LogP contribution >= 0.6 is 11.3 Å². The summed E-state index contributed by atoms with van der Waals surface area (Å²) in [6.45, 7) is 3.93. The molecule has 6 nitrogen and oxygen atoms in total. The lowest BCUT2D eigenvalue weighted by Gasteiger charge is -2.35. The fourth-order valence-electron chi connectivity index (χ4n) is 4.59. The van der Waals surface area contributed by atoms with E-state index in [0.29, 0.717) is 6.54 Å². The Morgan fingerprint density at radius 1 is 1.06 bits per heavy atom. The number of fused-ring (bicyclic) bond motifs is 3. The van der Waals surface area contributed by atoms with E-state index in [1.165, 1.54) is 28.7 Å². The molecular weight excluding hydrogens is 418 g/mol. The van der Waals surface area contributed by atoms with E-state index in [4.69, 9.17) is 9.97 Å². The largest absolute Gasteiger partial charge is 0.358 e. The first-order chi connectivity index (χ1) is 15.7. The van der Waals surface area contributed by atoms with Crippen LogP contribution in [0, 0.1) is 0 Å². The molecule has 0 radical (unpaired) electrons. The smallest absolute Gasteiger partial charge is 0.233 e. The van der Waals surface area contributed by atoms with Gasteiger partial charge in [0.25, 0.3) is 0 Å². The molecule has 32 heavy (non-hydrogen) atoms. The number of nitrogens with zero attached hydrogens (tertiary/aromatic N) is 4. The van der Waals surface area contributed by atoms with Crippen molar-refractivity contribution in [1.29, 1.82) is 0 Å². The molecule has 1 aliphatic carbocycles. The summed E-state index contributed by atoms with van der Waals surface area (Å²) in [5.74, 6) is 1.91. The Balaban J connectivity index is 1.48. The molecule has 1 saturated heterocycles. The number of anilines is 1. The van der Waals surface area contributed by atoms with E-state index in [-0.39, 0.29) is 5.91 Å². The van der Waals surface area contributed by atoms with Crippen molar-refractivity contribution in [3.05, 3.63) is 52.2 Å². The van der Waals surface area contributed by atoms with Gasteiger partial charge >= 0.3 is 0 Å². The van der Waals surface area contributed by atoms with Crippen molar-refractivity contribution in [2.24, 2.45) is 0 Å². The van der Waals surface area contributed by atoms with Gasteiger partial charge in [0.05, 0.1) is 11.9 Å². The Hall–Kier alpha value is -2.77. The minimum Gasteiger partial charge on any atom is -0.358 e. The predicted octanol–water partition coefficient (Wildman–Crippen LogP) is 3.61. The molecule has 3 heterocycles. The average Bonchev–Trinajstić information content (AvgIpc) is 3.22. The minimum atomic E-state index is 0.0723. The van der Waals surface area contributed by atoms with Gasteiger partial charge in [-0.25, -0.2) is 9.97 Å². The topological polar surface area (TPSA) is 61.4 Å². The van der Waals surface area contributed by atoms with Crippen molar-refractivity contribution in [1.82, 2.24) is 20.2 Å². The molecule has 1 aromatic carbocycles. The first kappa shape index (κ1) is 21.1. The third-order valence-electron chi connectivity index (χ3n) is 6.36. The summed E-state index contributed by atoms with van der Waals surface area (Å²) in [4.78, 5) is 29.0. The highest BCUT2D eigenvalue weighted by Crippen LogP contribution is 2.40. The monoisotopic (exact) mass is 447 g/mol. The number of piperazine rings is 1. The first-order valence-corrected chi connectivity index (χ1v) is 12.3. The van der Waals surface area contributed by atoms with Crippen LogP contribution in [0.1, 0.15) is 34.7 Å². The van der Waals surface area contributed by atoms with Crippen LogP contribution in [0.2, 0.25) is 0 Å². The Labute approximate surface area is 193 Å². The molecule has 0 spiro atoms. The third-order valence-corrected chi connectivity index (χ3v) is 7.54. The Bertz CT molecular complexity index is 1130. The quantitative estimate of drug-likeness (QED) is 0.648. The number of hydrogen-bond acceptors (Lipinski definition) is 6. The number of likely N-dealkylation sites (N-methyl/N-ethyl adjacent to an activating group) is 1. The molecule has 7 heteroatoms. The summed E-state index contributed by atoms with van der Waals surface area (Å²) >= 11 is 1.85.